The molecule has 0 N–H and O–H groups in total. The topological polar surface area (TPSA) is 47.6 Å². The first kappa shape index (κ1) is 18.4. The molecule has 0 spiro atoms. The summed E-state index contributed by atoms with van der Waals surface area (Å²) in [5, 5.41) is 17.5. The predicted octanol–water partition coefficient (Wildman–Crippen LogP) is 4.83. The summed E-state index contributed by atoms with van der Waals surface area (Å²) in [6.07, 6.45) is 5.30. The Morgan fingerprint density at radius 1 is 0.913 bits per heavy atom. The van der Waals surface area contributed by atoms with Gasteiger partial charge in [0, 0.05) is 0 Å². The van der Waals surface area contributed by atoms with Crippen LogP contribution in [0.1, 0.15) is 32.1 Å². The summed E-state index contributed by atoms with van der Waals surface area (Å²) in [4.78, 5) is 0. The standard InChI is InChI=1S/C15H14N2S4Se2/c16-6-2-8-18-12-13(19-9-3-7-17)21-14(20-12)15-22-10-4-1-5-11(10)23-15/h1-5,8-9H2. The molecule has 2 heterocycles. The third-order valence-electron chi connectivity index (χ3n) is 3.15. The number of hydrogen-bond donors (Lipinski definition) is 0. The summed E-state index contributed by atoms with van der Waals surface area (Å²) in [7, 11) is 0. The van der Waals surface area contributed by atoms with Gasteiger partial charge in [0.15, 0.2) is 0 Å². The molecule has 0 fully saturated rings. The Labute approximate surface area is 167 Å². The second-order valence-electron chi connectivity index (χ2n) is 4.77. The number of nitrogens with zero attached hydrogens (tertiary/aromatic N) is 2. The van der Waals surface area contributed by atoms with E-state index < -0.39 is 0 Å². The fraction of sp³-hybridized carbons (Fsp3) is 0.467. The molecule has 0 amide bonds. The molecule has 3 aliphatic rings. The van der Waals surface area contributed by atoms with Crippen molar-refractivity contribution >= 4 is 77.0 Å². The Balaban J connectivity index is 1.66. The Bertz CT molecular complexity index is 618. The van der Waals surface area contributed by atoms with Gasteiger partial charge in [-0.05, 0) is 0 Å². The van der Waals surface area contributed by atoms with Crippen LogP contribution in [0.4, 0.5) is 0 Å². The first-order chi connectivity index (χ1) is 11.3. The Morgan fingerprint density at radius 2 is 1.43 bits per heavy atom. The first-order valence-electron chi connectivity index (χ1n) is 7.23. The van der Waals surface area contributed by atoms with Gasteiger partial charge in [0.1, 0.15) is 0 Å². The summed E-state index contributed by atoms with van der Waals surface area (Å²) >= 11 is 8.74. The van der Waals surface area contributed by atoms with Crippen LogP contribution < -0.4 is 0 Å². The van der Waals surface area contributed by atoms with Crippen molar-refractivity contribution < 1.29 is 0 Å². The molecule has 0 radical (unpaired) electrons. The van der Waals surface area contributed by atoms with Crippen molar-refractivity contribution in [3.05, 3.63) is 25.0 Å². The zero-order valence-electron chi connectivity index (χ0n) is 12.3. The zero-order chi connectivity index (χ0) is 16.1. The molecule has 0 bridgehead atoms. The van der Waals surface area contributed by atoms with Crippen LogP contribution in [0.2, 0.25) is 0 Å². The van der Waals surface area contributed by atoms with E-state index in [1.165, 1.54) is 32.0 Å². The van der Waals surface area contributed by atoms with Gasteiger partial charge in [0.25, 0.3) is 0 Å². The summed E-state index contributed by atoms with van der Waals surface area (Å²) < 4.78 is 9.59. The second-order valence-corrected chi connectivity index (χ2v) is 15.7. The minimum absolute atomic E-state index is 0.602. The van der Waals surface area contributed by atoms with Gasteiger partial charge in [0.2, 0.25) is 0 Å². The average molecular weight is 508 g/mol. The fourth-order valence-corrected chi connectivity index (χ4v) is 16.3. The molecule has 120 valence electrons. The van der Waals surface area contributed by atoms with Gasteiger partial charge in [0.05, 0.1) is 0 Å². The van der Waals surface area contributed by atoms with Crippen LogP contribution in [0.5, 0.6) is 0 Å². The molecule has 2 nitrogen and oxygen atoms in total. The molecule has 8 heteroatoms. The molecule has 0 saturated carbocycles. The van der Waals surface area contributed by atoms with E-state index in [0.717, 1.165) is 11.5 Å². The number of rotatable bonds is 6. The molecule has 0 unspecified atom stereocenters. The van der Waals surface area contributed by atoms with Crippen molar-refractivity contribution in [3.63, 3.8) is 0 Å². The predicted molar refractivity (Wildman–Crippen MR) is 107 cm³/mol. The molecule has 3 rings (SSSR count). The number of thioether (sulfide) groups is 4. The van der Waals surface area contributed by atoms with Crippen LogP contribution in [-0.4, -0.2) is 41.4 Å². The number of hydrogen-bond acceptors (Lipinski definition) is 6. The first-order valence-corrected chi connectivity index (χ1v) is 14.3. The van der Waals surface area contributed by atoms with Crippen molar-refractivity contribution in [3.8, 4) is 12.1 Å². The molecule has 1 aliphatic carbocycles. The molecular formula is C15H14N2S4Se2. The summed E-state index contributed by atoms with van der Waals surface area (Å²) in [6.45, 7) is 0. The molecule has 0 aromatic carbocycles. The molecule has 0 aromatic heterocycles. The van der Waals surface area contributed by atoms with Crippen molar-refractivity contribution in [2.75, 3.05) is 11.5 Å². The molecule has 0 saturated heterocycles. The molecule has 23 heavy (non-hydrogen) atoms. The zero-order valence-corrected chi connectivity index (χ0v) is 19.0. The van der Waals surface area contributed by atoms with E-state index in [4.69, 9.17) is 10.5 Å². The Kier molecular flexibility index (Phi) is 7.51. The third kappa shape index (κ3) is 4.84. The van der Waals surface area contributed by atoms with Crippen LogP contribution in [0.3, 0.4) is 0 Å². The van der Waals surface area contributed by atoms with E-state index in [0.29, 0.717) is 42.8 Å². The van der Waals surface area contributed by atoms with Crippen molar-refractivity contribution in [1.82, 2.24) is 0 Å². The third-order valence-corrected chi connectivity index (χ3v) is 16.9. The van der Waals surface area contributed by atoms with Crippen LogP contribution in [0, 0.1) is 22.7 Å². The molecule has 0 atom stereocenters. The van der Waals surface area contributed by atoms with Crippen LogP contribution >= 0.6 is 47.0 Å². The second kappa shape index (κ2) is 9.37. The van der Waals surface area contributed by atoms with E-state index in [1.54, 1.807) is 12.3 Å². The van der Waals surface area contributed by atoms with Crippen LogP contribution in [0.15, 0.2) is 25.0 Å². The molecule has 2 aliphatic heterocycles. The van der Waals surface area contributed by atoms with Crippen LogP contribution in [0.25, 0.3) is 0 Å². The van der Waals surface area contributed by atoms with E-state index >= 15 is 0 Å². The molecular weight excluding hydrogens is 494 g/mol. The quantitative estimate of drug-likeness (QED) is 0.379. The average Bonchev–Trinajstić information content (AvgIpc) is 3.22. The van der Waals surface area contributed by atoms with Crippen molar-refractivity contribution in [2.24, 2.45) is 0 Å². The summed E-state index contributed by atoms with van der Waals surface area (Å²) in [6, 6.07) is 4.46. The monoisotopic (exact) mass is 510 g/mol. The fourth-order valence-electron chi connectivity index (χ4n) is 2.14. The van der Waals surface area contributed by atoms with Crippen molar-refractivity contribution in [2.45, 2.75) is 32.1 Å². The van der Waals surface area contributed by atoms with E-state index in [9.17, 15) is 0 Å². The van der Waals surface area contributed by atoms with Gasteiger partial charge >= 0.3 is 168 Å². The van der Waals surface area contributed by atoms with Gasteiger partial charge in [-0.3, -0.25) is 0 Å². The SMILES string of the molecule is N#CCCSC1=C(SCCC#N)SC(=C2[Se]C3=C(CCC3)[Se]2)S1. The van der Waals surface area contributed by atoms with Gasteiger partial charge in [-0.25, -0.2) is 0 Å². The van der Waals surface area contributed by atoms with Gasteiger partial charge in [-0.1, -0.05) is 0 Å². The minimum atomic E-state index is 0.602. The number of nitriles is 2. The van der Waals surface area contributed by atoms with Crippen LogP contribution in [-0.2, 0) is 0 Å². The Morgan fingerprint density at radius 3 is 1.91 bits per heavy atom. The Hall–Kier alpha value is 0.639. The maximum absolute atomic E-state index is 8.75. The maximum atomic E-state index is 8.75. The van der Waals surface area contributed by atoms with E-state index in [1.807, 2.05) is 47.0 Å². The van der Waals surface area contributed by atoms with Gasteiger partial charge in [-0.2, -0.15) is 0 Å². The molecule has 0 aromatic rings. The van der Waals surface area contributed by atoms with E-state index in [2.05, 4.69) is 12.1 Å². The van der Waals surface area contributed by atoms with E-state index in [-0.39, 0.29) is 0 Å². The normalized spacial score (nSPS) is 20.3. The van der Waals surface area contributed by atoms with Gasteiger partial charge < -0.3 is 0 Å². The van der Waals surface area contributed by atoms with Crippen molar-refractivity contribution in [1.29, 1.82) is 10.5 Å². The number of allylic oxidation sites excluding steroid dienone is 2. The summed E-state index contributed by atoms with van der Waals surface area (Å²) in [5.74, 6) is 1.74. The summed E-state index contributed by atoms with van der Waals surface area (Å²) in [5.41, 5.74) is 0. The van der Waals surface area contributed by atoms with Gasteiger partial charge in [-0.15, -0.1) is 0 Å².